The van der Waals surface area contributed by atoms with Gasteiger partial charge in [-0.3, -0.25) is 14.9 Å². The average molecular weight is 402 g/mol. The van der Waals surface area contributed by atoms with Crippen LogP contribution in [0.1, 0.15) is 23.2 Å². The molecule has 1 aliphatic rings. The van der Waals surface area contributed by atoms with Crippen molar-refractivity contribution in [2.75, 3.05) is 18.0 Å². The molecule has 0 radical (unpaired) electrons. The minimum absolute atomic E-state index is 0.00467. The Kier molecular flexibility index (Phi) is 5.70. The highest BCUT2D eigenvalue weighted by atomic mass is 16.6. The standard InChI is InChI=1S/C23H22N4O3/c28-23(18-9-5-2-6-10-18)24-19-13-15-26(16-14-19)21-12-11-20(27(29)30)22(25-21)17-7-3-1-4-8-17/h1-12,19H,13-16H2,(H,24,28). The molecule has 7 heteroatoms. The number of carbonyl (C=O) groups is 1. The fourth-order valence-corrected chi connectivity index (χ4v) is 3.68. The Morgan fingerprint density at radius 3 is 2.23 bits per heavy atom. The van der Waals surface area contributed by atoms with Crippen LogP contribution in [0.25, 0.3) is 11.3 Å². The van der Waals surface area contributed by atoms with Gasteiger partial charge in [0.15, 0.2) is 5.69 Å². The van der Waals surface area contributed by atoms with Crippen LogP contribution in [0.5, 0.6) is 0 Å². The summed E-state index contributed by atoms with van der Waals surface area (Å²) in [7, 11) is 0. The number of piperidine rings is 1. The van der Waals surface area contributed by atoms with Gasteiger partial charge in [-0.1, -0.05) is 48.5 Å². The zero-order valence-corrected chi connectivity index (χ0v) is 16.4. The number of nitro groups is 1. The highest BCUT2D eigenvalue weighted by molar-refractivity contribution is 5.94. The molecule has 152 valence electrons. The third-order valence-corrected chi connectivity index (χ3v) is 5.29. The summed E-state index contributed by atoms with van der Waals surface area (Å²) in [5.41, 5.74) is 1.74. The number of pyridine rings is 1. The lowest BCUT2D eigenvalue weighted by Gasteiger charge is -2.33. The first-order chi connectivity index (χ1) is 14.6. The quantitative estimate of drug-likeness (QED) is 0.514. The molecule has 1 N–H and O–H groups in total. The molecule has 1 aromatic heterocycles. The van der Waals surface area contributed by atoms with Gasteiger partial charge in [-0.25, -0.2) is 4.98 Å². The fourth-order valence-electron chi connectivity index (χ4n) is 3.68. The molecule has 2 heterocycles. The summed E-state index contributed by atoms with van der Waals surface area (Å²) in [4.78, 5) is 30.2. The number of anilines is 1. The van der Waals surface area contributed by atoms with E-state index in [1.54, 1.807) is 18.2 Å². The molecule has 1 amide bonds. The van der Waals surface area contributed by atoms with Crippen LogP contribution in [0.2, 0.25) is 0 Å². The molecule has 1 fully saturated rings. The number of nitrogens with zero attached hydrogens (tertiary/aromatic N) is 3. The van der Waals surface area contributed by atoms with Gasteiger partial charge in [0.25, 0.3) is 11.6 Å². The molecule has 0 spiro atoms. The molecule has 0 saturated carbocycles. The highest BCUT2D eigenvalue weighted by Gasteiger charge is 2.24. The van der Waals surface area contributed by atoms with Gasteiger partial charge in [-0.15, -0.1) is 0 Å². The van der Waals surface area contributed by atoms with Crippen LogP contribution in [0.3, 0.4) is 0 Å². The number of amides is 1. The van der Waals surface area contributed by atoms with Crippen molar-refractivity contribution in [3.8, 4) is 11.3 Å². The molecular formula is C23H22N4O3. The Morgan fingerprint density at radius 2 is 1.60 bits per heavy atom. The van der Waals surface area contributed by atoms with Crippen molar-refractivity contribution in [3.05, 3.63) is 88.5 Å². The van der Waals surface area contributed by atoms with Gasteiger partial charge in [0.1, 0.15) is 5.82 Å². The number of hydrogen-bond donors (Lipinski definition) is 1. The van der Waals surface area contributed by atoms with E-state index in [4.69, 9.17) is 0 Å². The third kappa shape index (κ3) is 4.30. The van der Waals surface area contributed by atoms with E-state index in [0.29, 0.717) is 17.1 Å². The number of benzene rings is 2. The second-order valence-electron chi connectivity index (χ2n) is 7.26. The minimum Gasteiger partial charge on any atom is -0.356 e. The van der Waals surface area contributed by atoms with Crippen LogP contribution in [0.4, 0.5) is 11.5 Å². The molecule has 4 rings (SSSR count). The van der Waals surface area contributed by atoms with Crippen molar-refractivity contribution in [1.82, 2.24) is 10.3 Å². The lowest BCUT2D eigenvalue weighted by molar-refractivity contribution is -0.384. The Labute approximate surface area is 174 Å². The molecule has 7 nitrogen and oxygen atoms in total. The van der Waals surface area contributed by atoms with E-state index in [0.717, 1.165) is 31.5 Å². The molecule has 0 unspecified atom stereocenters. The van der Waals surface area contributed by atoms with E-state index in [1.165, 1.54) is 6.07 Å². The van der Waals surface area contributed by atoms with Crippen molar-refractivity contribution < 1.29 is 9.72 Å². The van der Waals surface area contributed by atoms with Gasteiger partial charge < -0.3 is 10.2 Å². The van der Waals surface area contributed by atoms with E-state index in [2.05, 4.69) is 15.2 Å². The van der Waals surface area contributed by atoms with Crippen molar-refractivity contribution >= 4 is 17.4 Å². The minimum atomic E-state index is -0.398. The van der Waals surface area contributed by atoms with E-state index in [1.807, 2.05) is 48.5 Å². The molecule has 1 aliphatic heterocycles. The molecule has 30 heavy (non-hydrogen) atoms. The van der Waals surface area contributed by atoms with Gasteiger partial charge in [0, 0.05) is 36.3 Å². The molecule has 0 bridgehead atoms. The van der Waals surface area contributed by atoms with Crippen LogP contribution in [-0.2, 0) is 0 Å². The maximum Gasteiger partial charge on any atom is 0.295 e. The maximum absolute atomic E-state index is 12.4. The van der Waals surface area contributed by atoms with Crippen molar-refractivity contribution in [3.63, 3.8) is 0 Å². The summed E-state index contributed by atoms with van der Waals surface area (Å²) < 4.78 is 0. The van der Waals surface area contributed by atoms with Gasteiger partial charge in [-0.05, 0) is 31.0 Å². The second-order valence-corrected chi connectivity index (χ2v) is 7.26. The first-order valence-corrected chi connectivity index (χ1v) is 9.93. The van der Waals surface area contributed by atoms with E-state index >= 15 is 0 Å². The molecule has 0 atom stereocenters. The Balaban J connectivity index is 1.46. The molecule has 1 saturated heterocycles. The lowest BCUT2D eigenvalue weighted by atomic mass is 10.0. The van der Waals surface area contributed by atoms with Gasteiger partial charge >= 0.3 is 0 Å². The molecule has 2 aromatic carbocycles. The Morgan fingerprint density at radius 1 is 0.967 bits per heavy atom. The maximum atomic E-state index is 12.4. The number of nitrogens with one attached hydrogen (secondary N) is 1. The summed E-state index contributed by atoms with van der Waals surface area (Å²) in [5.74, 6) is 0.654. The Hall–Kier alpha value is -3.74. The normalized spacial score (nSPS) is 14.3. The molecule has 3 aromatic rings. The summed E-state index contributed by atoms with van der Waals surface area (Å²) in [5, 5.41) is 14.6. The summed E-state index contributed by atoms with van der Waals surface area (Å²) in [6, 6.07) is 21.7. The van der Waals surface area contributed by atoms with Crippen molar-refractivity contribution in [1.29, 1.82) is 0 Å². The third-order valence-electron chi connectivity index (χ3n) is 5.29. The largest absolute Gasteiger partial charge is 0.356 e. The number of hydrogen-bond acceptors (Lipinski definition) is 5. The summed E-state index contributed by atoms with van der Waals surface area (Å²) >= 11 is 0. The molecule has 0 aliphatic carbocycles. The zero-order valence-electron chi connectivity index (χ0n) is 16.4. The smallest absolute Gasteiger partial charge is 0.295 e. The van der Waals surface area contributed by atoms with Crippen molar-refractivity contribution in [2.24, 2.45) is 0 Å². The number of carbonyl (C=O) groups excluding carboxylic acids is 1. The van der Waals surface area contributed by atoms with E-state index in [9.17, 15) is 14.9 Å². The fraction of sp³-hybridized carbons (Fsp3) is 0.217. The van der Waals surface area contributed by atoms with Crippen molar-refractivity contribution in [2.45, 2.75) is 18.9 Å². The van der Waals surface area contributed by atoms with Crippen LogP contribution in [0, 0.1) is 10.1 Å². The lowest BCUT2D eigenvalue weighted by Crippen LogP contribution is -2.45. The Bertz CT molecular complexity index is 1030. The number of aromatic nitrogens is 1. The van der Waals surface area contributed by atoms with Crippen LogP contribution in [-0.4, -0.2) is 34.9 Å². The van der Waals surface area contributed by atoms with Crippen LogP contribution < -0.4 is 10.2 Å². The predicted octanol–water partition coefficient (Wildman–Crippen LogP) is 4.06. The summed E-state index contributed by atoms with van der Waals surface area (Å²) in [6.45, 7) is 1.44. The first kappa shape index (κ1) is 19.6. The second kappa shape index (κ2) is 8.73. The van der Waals surface area contributed by atoms with Crippen LogP contribution in [0.15, 0.2) is 72.8 Å². The van der Waals surface area contributed by atoms with Gasteiger partial charge in [0.05, 0.1) is 4.92 Å². The number of rotatable bonds is 5. The van der Waals surface area contributed by atoms with Gasteiger partial charge in [0.2, 0.25) is 0 Å². The zero-order chi connectivity index (χ0) is 20.9. The summed E-state index contributed by atoms with van der Waals surface area (Å²) in [6.07, 6.45) is 1.58. The monoisotopic (exact) mass is 402 g/mol. The molecular weight excluding hydrogens is 380 g/mol. The highest BCUT2D eigenvalue weighted by Crippen LogP contribution is 2.31. The SMILES string of the molecule is O=C(NC1CCN(c2ccc([N+](=O)[O-])c(-c3ccccc3)n2)CC1)c1ccccc1. The van der Waals surface area contributed by atoms with E-state index < -0.39 is 4.92 Å². The topological polar surface area (TPSA) is 88.4 Å². The van der Waals surface area contributed by atoms with Crippen LogP contribution >= 0.6 is 0 Å². The van der Waals surface area contributed by atoms with Gasteiger partial charge in [-0.2, -0.15) is 0 Å². The predicted molar refractivity (Wildman–Crippen MR) is 115 cm³/mol. The van der Waals surface area contributed by atoms with E-state index in [-0.39, 0.29) is 17.6 Å². The first-order valence-electron chi connectivity index (χ1n) is 9.93. The average Bonchev–Trinajstić information content (AvgIpc) is 2.80.